The average molecular weight is 270 g/mol. The van der Waals surface area contributed by atoms with Gasteiger partial charge in [0.05, 0.1) is 5.69 Å². The number of halogens is 1. The maximum Gasteiger partial charge on any atom is 0.224 e. The van der Waals surface area contributed by atoms with Gasteiger partial charge < -0.3 is 10.1 Å². The molecule has 0 saturated heterocycles. The number of rotatable bonds is 4. The van der Waals surface area contributed by atoms with Gasteiger partial charge >= 0.3 is 0 Å². The van der Waals surface area contributed by atoms with Crippen LogP contribution in [0.15, 0.2) is 28.7 Å². The number of ketones is 1. The predicted octanol–water partition coefficient (Wildman–Crippen LogP) is 2.76. The van der Waals surface area contributed by atoms with Gasteiger partial charge in [-0.15, -0.1) is 0 Å². The lowest BCUT2D eigenvalue weighted by molar-refractivity contribution is -0.121. The van der Waals surface area contributed by atoms with Crippen LogP contribution in [0.5, 0.6) is 0 Å². The number of carbonyl (C=O) groups excluding carboxylic acids is 2. The van der Waals surface area contributed by atoms with Gasteiger partial charge in [0.2, 0.25) is 5.91 Å². The number of para-hydroxylation sites is 1. The summed E-state index contributed by atoms with van der Waals surface area (Å²) in [6.07, 6.45) is 0.521. The van der Waals surface area contributed by atoms with Crippen LogP contribution in [0.4, 0.5) is 5.69 Å². The molecule has 0 aliphatic rings. The fourth-order valence-corrected chi connectivity index (χ4v) is 1.45. The molecule has 0 fully saturated rings. The number of carbonyl (C=O) groups is 2. The molecule has 0 bridgehead atoms. The van der Waals surface area contributed by atoms with Crippen LogP contribution in [0.25, 0.3) is 0 Å². The molecule has 1 N–H and O–H groups in total. The number of Topliss-reactive ketones (excluding diaryl/α,β-unsaturated/α-hetero) is 1. The summed E-state index contributed by atoms with van der Waals surface area (Å²) in [7, 11) is 0. The van der Waals surface area contributed by atoms with Gasteiger partial charge in [-0.05, 0) is 35.0 Å². The zero-order valence-corrected chi connectivity index (χ0v) is 10.0. The van der Waals surface area contributed by atoms with Crippen LogP contribution >= 0.6 is 15.9 Å². The molecular weight excluding hydrogens is 258 g/mol. The van der Waals surface area contributed by atoms with Crippen LogP contribution in [-0.4, -0.2) is 11.7 Å². The van der Waals surface area contributed by atoms with E-state index in [1.807, 2.05) is 18.2 Å². The van der Waals surface area contributed by atoms with E-state index in [1.165, 1.54) is 6.92 Å². The zero-order valence-electron chi connectivity index (χ0n) is 8.42. The molecule has 80 valence electrons. The van der Waals surface area contributed by atoms with Gasteiger partial charge in [0.25, 0.3) is 0 Å². The molecule has 3 nitrogen and oxygen atoms in total. The molecule has 15 heavy (non-hydrogen) atoms. The second-order valence-corrected chi connectivity index (χ2v) is 4.08. The van der Waals surface area contributed by atoms with Crippen molar-refractivity contribution in [2.75, 3.05) is 5.32 Å². The molecular formula is C11H12BrNO2. The molecule has 0 radical (unpaired) electrons. The van der Waals surface area contributed by atoms with Gasteiger partial charge in [0.1, 0.15) is 5.78 Å². The summed E-state index contributed by atoms with van der Waals surface area (Å²) in [6.45, 7) is 1.48. The zero-order chi connectivity index (χ0) is 11.3. The summed E-state index contributed by atoms with van der Waals surface area (Å²) in [6, 6.07) is 7.36. The Morgan fingerprint density at radius 2 is 1.93 bits per heavy atom. The second-order valence-electron chi connectivity index (χ2n) is 3.23. The lowest BCUT2D eigenvalue weighted by Gasteiger charge is -2.05. The Bertz CT molecular complexity index is 377. The molecule has 1 aromatic carbocycles. The van der Waals surface area contributed by atoms with E-state index >= 15 is 0 Å². The van der Waals surface area contributed by atoms with Gasteiger partial charge in [0, 0.05) is 17.3 Å². The van der Waals surface area contributed by atoms with Gasteiger partial charge in [-0.25, -0.2) is 0 Å². The number of nitrogens with one attached hydrogen (secondary N) is 1. The van der Waals surface area contributed by atoms with Crippen molar-refractivity contribution in [1.82, 2.24) is 0 Å². The Morgan fingerprint density at radius 3 is 2.53 bits per heavy atom. The van der Waals surface area contributed by atoms with E-state index in [-0.39, 0.29) is 24.5 Å². The van der Waals surface area contributed by atoms with Crippen LogP contribution in [0.3, 0.4) is 0 Å². The molecule has 1 aromatic rings. The third kappa shape index (κ3) is 4.25. The molecule has 1 rings (SSSR count). The van der Waals surface area contributed by atoms with Gasteiger partial charge in [0.15, 0.2) is 0 Å². The maximum atomic E-state index is 11.4. The average Bonchev–Trinajstić information content (AvgIpc) is 2.18. The van der Waals surface area contributed by atoms with Crippen LogP contribution in [0.2, 0.25) is 0 Å². The quantitative estimate of drug-likeness (QED) is 0.914. The van der Waals surface area contributed by atoms with Crippen LogP contribution in [0, 0.1) is 0 Å². The summed E-state index contributed by atoms with van der Waals surface area (Å²) in [4.78, 5) is 22.1. The third-order valence-corrected chi connectivity index (χ3v) is 2.54. The summed E-state index contributed by atoms with van der Waals surface area (Å²) < 4.78 is 0.834. The molecule has 0 atom stereocenters. The van der Waals surface area contributed by atoms with Crippen LogP contribution in [-0.2, 0) is 9.59 Å². The maximum absolute atomic E-state index is 11.4. The first-order valence-electron chi connectivity index (χ1n) is 4.63. The number of benzene rings is 1. The van der Waals surface area contributed by atoms with Crippen molar-refractivity contribution in [3.8, 4) is 0 Å². The number of hydrogen-bond acceptors (Lipinski definition) is 2. The summed E-state index contributed by atoms with van der Waals surface area (Å²) in [5.41, 5.74) is 0.728. The highest BCUT2D eigenvalue weighted by Crippen LogP contribution is 2.21. The Balaban J connectivity index is 2.52. The largest absolute Gasteiger partial charge is 0.325 e. The van der Waals surface area contributed by atoms with Gasteiger partial charge in [-0.1, -0.05) is 12.1 Å². The van der Waals surface area contributed by atoms with Crippen molar-refractivity contribution in [2.24, 2.45) is 0 Å². The molecule has 4 heteroatoms. The molecule has 0 unspecified atom stereocenters. The number of hydrogen-bond donors (Lipinski definition) is 1. The van der Waals surface area contributed by atoms with Crippen LogP contribution < -0.4 is 5.32 Å². The fraction of sp³-hybridized carbons (Fsp3) is 0.273. The molecule has 0 aliphatic heterocycles. The van der Waals surface area contributed by atoms with E-state index in [1.54, 1.807) is 6.07 Å². The summed E-state index contributed by atoms with van der Waals surface area (Å²) in [5.74, 6) is -0.116. The Morgan fingerprint density at radius 1 is 1.27 bits per heavy atom. The molecule has 0 aliphatic carbocycles. The van der Waals surface area contributed by atoms with Crippen molar-refractivity contribution in [3.63, 3.8) is 0 Å². The molecule has 1 amide bonds. The van der Waals surface area contributed by atoms with E-state index in [4.69, 9.17) is 0 Å². The highest BCUT2D eigenvalue weighted by molar-refractivity contribution is 9.10. The third-order valence-electron chi connectivity index (χ3n) is 1.85. The summed E-state index contributed by atoms with van der Waals surface area (Å²) >= 11 is 3.32. The first-order chi connectivity index (χ1) is 7.09. The minimum atomic E-state index is -0.142. The molecule has 0 aromatic heterocycles. The van der Waals surface area contributed by atoms with Crippen molar-refractivity contribution >= 4 is 33.3 Å². The van der Waals surface area contributed by atoms with Crippen LogP contribution in [0.1, 0.15) is 19.8 Å². The predicted molar refractivity (Wildman–Crippen MR) is 62.7 cm³/mol. The Labute approximate surface area is 97.0 Å². The SMILES string of the molecule is CC(=O)CCC(=O)Nc1ccccc1Br. The molecule has 0 heterocycles. The van der Waals surface area contributed by atoms with E-state index < -0.39 is 0 Å². The van der Waals surface area contributed by atoms with E-state index in [0.717, 1.165) is 10.2 Å². The normalized spacial score (nSPS) is 9.73. The monoisotopic (exact) mass is 269 g/mol. The number of anilines is 1. The molecule has 0 spiro atoms. The van der Waals surface area contributed by atoms with Crippen molar-refractivity contribution in [1.29, 1.82) is 0 Å². The van der Waals surface area contributed by atoms with Crippen molar-refractivity contribution in [3.05, 3.63) is 28.7 Å². The highest BCUT2D eigenvalue weighted by Gasteiger charge is 2.05. The smallest absolute Gasteiger partial charge is 0.224 e. The first-order valence-corrected chi connectivity index (χ1v) is 5.42. The minimum Gasteiger partial charge on any atom is -0.325 e. The van der Waals surface area contributed by atoms with E-state index in [9.17, 15) is 9.59 Å². The van der Waals surface area contributed by atoms with Gasteiger partial charge in [-0.3, -0.25) is 4.79 Å². The molecule has 0 saturated carbocycles. The minimum absolute atomic E-state index is 0.0253. The van der Waals surface area contributed by atoms with Crippen molar-refractivity contribution in [2.45, 2.75) is 19.8 Å². The lowest BCUT2D eigenvalue weighted by Crippen LogP contribution is -2.12. The van der Waals surface area contributed by atoms with Gasteiger partial charge in [-0.2, -0.15) is 0 Å². The van der Waals surface area contributed by atoms with E-state index in [2.05, 4.69) is 21.2 Å². The second kappa shape index (κ2) is 5.66. The van der Waals surface area contributed by atoms with E-state index in [0.29, 0.717) is 0 Å². The number of amides is 1. The summed E-state index contributed by atoms with van der Waals surface area (Å²) in [5, 5.41) is 2.73. The Kier molecular flexibility index (Phi) is 4.49. The highest BCUT2D eigenvalue weighted by atomic mass is 79.9. The Hall–Kier alpha value is -1.16. The van der Waals surface area contributed by atoms with Crippen molar-refractivity contribution < 1.29 is 9.59 Å². The topological polar surface area (TPSA) is 46.2 Å². The fourth-order valence-electron chi connectivity index (χ4n) is 1.06. The lowest BCUT2D eigenvalue weighted by atomic mass is 10.2. The first kappa shape index (κ1) is 11.9. The standard InChI is InChI=1S/C11H12BrNO2/c1-8(14)6-7-11(15)13-10-5-3-2-4-9(10)12/h2-5H,6-7H2,1H3,(H,13,15).